The van der Waals surface area contributed by atoms with E-state index in [9.17, 15) is 5.26 Å². The molecule has 1 aliphatic rings. The van der Waals surface area contributed by atoms with Gasteiger partial charge in [0.15, 0.2) is 0 Å². The molecule has 0 saturated carbocycles. The van der Waals surface area contributed by atoms with Crippen LogP contribution >= 0.6 is 0 Å². The van der Waals surface area contributed by atoms with Gasteiger partial charge in [0.1, 0.15) is 11.9 Å². The van der Waals surface area contributed by atoms with Gasteiger partial charge in [-0.2, -0.15) is 5.26 Å². The number of nitrogens with zero attached hydrogens (tertiary/aromatic N) is 2. The van der Waals surface area contributed by atoms with E-state index in [2.05, 4.69) is 37.1 Å². The van der Waals surface area contributed by atoms with Crippen molar-refractivity contribution in [2.45, 2.75) is 65.3 Å². The summed E-state index contributed by atoms with van der Waals surface area (Å²) in [6, 6.07) is 4.67. The third-order valence-electron chi connectivity index (χ3n) is 3.97. The first-order chi connectivity index (χ1) is 9.60. The summed E-state index contributed by atoms with van der Waals surface area (Å²) in [5, 5.41) is 12.7. The van der Waals surface area contributed by atoms with Gasteiger partial charge in [0.25, 0.3) is 0 Å². The topological polar surface area (TPSA) is 48.7 Å². The number of nitrogens with one attached hydrogen (secondary N) is 1. The number of pyridine rings is 1. The van der Waals surface area contributed by atoms with Crippen molar-refractivity contribution in [1.29, 1.82) is 5.26 Å². The number of aromatic nitrogens is 1. The summed E-state index contributed by atoms with van der Waals surface area (Å²) in [5.41, 5.74) is 3.14. The van der Waals surface area contributed by atoms with Crippen LogP contribution in [0.1, 0.15) is 63.3 Å². The number of hydrogen-bond acceptors (Lipinski definition) is 3. The maximum Gasteiger partial charge on any atom is 0.144 e. The summed E-state index contributed by atoms with van der Waals surface area (Å²) < 4.78 is 0. The second-order valence-electron chi connectivity index (χ2n) is 6.33. The van der Waals surface area contributed by atoms with Crippen molar-refractivity contribution in [3.8, 4) is 6.07 Å². The van der Waals surface area contributed by atoms with Gasteiger partial charge in [-0.25, -0.2) is 4.98 Å². The van der Waals surface area contributed by atoms with Crippen LogP contribution in [0.15, 0.2) is 6.07 Å². The van der Waals surface area contributed by atoms with Crippen molar-refractivity contribution in [2.75, 3.05) is 5.32 Å². The van der Waals surface area contributed by atoms with E-state index >= 15 is 0 Å². The van der Waals surface area contributed by atoms with E-state index in [-0.39, 0.29) is 0 Å². The minimum absolute atomic E-state index is 0.368. The van der Waals surface area contributed by atoms with Gasteiger partial charge in [-0.1, -0.05) is 26.7 Å². The third-order valence-corrected chi connectivity index (χ3v) is 3.97. The first-order valence-electron chi connectivity index (χ1n) is 7.79. The smallest absolute Gasteiger partial charge is 0.144 e. The van der Waals surface area contributed by atoms with Gasteiger partial charge in [-0.3, -0.25) is 0 Å². The highest BCUT2D eigenvalue weighted by Gasteiger charge is 2.17. The molecule has 108 valence electrons. The maximum absolute atomic E-state index is 9.28. The molecular weight excluding hydrogens is 246 g/mol. The molecule has 0 bridgehead atoms. The average molecular weight is 271 g/mol. The lowest BCUT2D eigenvalue weighted by Crippen LogP contribution is -2.17. The van der Waals surface area contributed by atoms with E-state index in [1.54, 1.807) is 0 Å². The number of hydrogen-bond donors (Lipinski definition) is 1. The zero-order valence-corrected chi connectivity index (χ0v) is 12.9. The molecule has 20 heavy (non-hydrogen) atoms. The largest absolute Gasteiger partial charge is 0.367 e. The fourth-order valence-electron chi connectivity index (χ4n) is 2.81. The highest BCUT2D eigenvalue weighted by molar-refractivity contribution is 5.55. The summed E-state index contributed by atoms with van der Waals surface area (Å²) in [7, 11) is 0. The molecule has 0 aliphatic heterocycles. The molecule has 1 N–H and O–H groups in total. The quantitative estimate of drug-likeness (QED) is 0.848. The average Bonchev–Trinajstić information content (AvgIpc) is 2.84. The van der Waals surface area contributed by atoms with Crippen molar-refractivity contribution >= 4 is 5.82 Å². The molecule has 1 unspecified atom stereocenters. The highest BCUT2D eigenvalue weighted by atomic mass is 15.0. The Balaban J connectivity index is 2.00. The number of rotatable bonds is 6. The van der Waals surface area contributed by atoms with E-state index in [0.29, 0.717) is 11.6 Å². The van der Waals surface area contributed by atoms with E-state index in [1.165, 1.54) is 30.5 Å². The SMILES string of the molecule is CC(C)CCCC(C)Nc1nc2c(cc1C#N)CCC2. The molecule has 0 radical (unpaired) electrons. The van der Waals surface area contributed by atoms with Gasteiger partial charge >= 0.3 is 0 Å². The predicted molar refractivity (Wildman–Crippen MR) is 82.8 cm³/mol. The molecule has 3 heteroatoms. The van der Waals surface area contributed by atoms with Gasteiger partial charge in [-0.05, 0) is 50.2 Å². The zero-order valence-electron chi connectivity index (χ0n) is 12.9. The molecule has 3 nitrogen and oxygen atoms in total. The monoisotopic (exact) mass is 271 g/mol. The summed E-state index contributed by atoms with van der Waals surface area (Å²) in [6.07, 6.45) is 6.90. The number of fused-ring (bicyclic) bond motifs is 1. The van der Waals surface area contributed by atoms with E-state index < -0.39 is 0 Å². The van der Waals surface area contributed by atoms with E-state index in [0.717, 1.165) is 31.0 Å². The lowest BCUT2D eigenvalue weighted by Gasteiger charge is -2.17. The molecule has 0 amide bonds. The molecule has 2 rings (SSSR count). The molecule has 0 aromatic carbocycles. The Kier molecular flexibility index (Phi) is 5.00. The fraction of sp³-hybridized carbons (Fsp3) is 0.647. The van der Waals surface area contributed by atoms with Gasteiger partial charge in [0.2, 0.25) is 0 Å². The molecule has 1 aromatic heterocycles. The zero-order chi connectivity index (χ0) is 14.5. The molecular formula is C17H25N3. The fourth-order valence-corrected chi connectivity index (χ4v) is 2.81. The first-order valence-corrected chi connectivity index (χ1v) is 7.79. The van der Waals surface area contributed by atoms with Crippen molar-refractivity contribution in [3.63, 3.8) is 0 Å². The molecule has 0 fully saturated rings. The third kappa shape index (κ3) is 3.72. The second-order valence-corrected chi connectivity index (χ2v) is 6.33. The summed E-state index contributed by atoms with van der Waals surface area (Å²) in [4.78, 5) is 4.67. The maximum atomic E-state index is 9.28. The molecule has 1 atom stereocenters. The molecule has 0 spiro atoms. The Bertz CT molecular complexity index is 500. The Morgan fingerprint density at radius 2 is 2.10 bits per heavy atom. The highest BCUT2D eigenvalue weighted by Crippen LogP contribution is 2.25. The van der Waals surface area contributed by atoms with Crippen LogP contribution in [-0.4, -0.2) is 11.0 Å². The van der Waals surface area contributed by atoms with Crippen LogP contribution in [0.2, 0.25) is 0 Å². The van der Waals surface area contributed by atoms with Crippen LogP contribution in [-0.2, 0) is 12.8 Å². The van der Waals surface area contributed by atoms with Gasteiger partial charge < -0.3 is 5.32 Å². The van der Waals surface area contributed by atoms with Crippen molar-refractivity contribution in [3.05, 3.63) is 22.9 Å². The van der Waals surface area contributed by atoms with Gasteiger partial charge in [0.05, 0.1) is 5.56 Å². The standard InChI is InChI=1S/C17H25N3/c1-12(2)6-4-7-13(3)19-17-15(11-18)10-14-8-5-9-16(14)20-17/h10,12-13H,4-9H2,1-3H3,(H,19,20). The summed E-state index contributed by atoms with van der Waals surface area (Å²) >= 11 is 0. The Hall–Kier alpha value is -1.56. The minimum atomic E-state index is 0.368. The first kappa shape index (κ1) is 14.8. The van der Waals surface area contributed by atoms with Crippen LogP contribution in [0, 0.1) is 17.2 Å². The van der Waals surface area contributed by atoms with Crippen LogP contribution < -0.4 is 5.32 Å². The van der Waals surface area contributed by atoms with E-state index in [4.69, 9.17) is 0 Å². The predicted octanol–water partition coefficient (Wildman–Crippen LogP) is 4.07. The van der Waals surface area contributed by atoms with Crippen molar-refractivity contribution in [2.24, 2.45) is 5.92 Å². The Morgan fingerprint density at radius 1 is 1.30 bits per heavy atom. The lowest BCUT2D eigenvalue weighted by atomic mass is 10.0. The van der Waals surface area contributed by atoms with Gasteiger partial charge in [-0.15, -0.1) is 0 Å². The number of anilines is 1. The Morgan fingerprint density at radius 3 is 2.80 bits per heavy atom. The number of aryl methyl sites for hydroxylation is 2. The minimum Gasteiger partial charge on any atom is -0.367 e. The lowest BCUT2D eigenvalue weighted by molar-refractivity contribution is 0.520. The molecule has 1 heterocycles. The van der Waals surface area contributed by atoms with Crippen LogP contribution in [0.4, 0.5) is 5.82 Å². The van der Waals surface area contributed by atoms with Crippen molar-refractivity contribution in [1.82, 2.24) is 4.98 Å². The van der Waals surface area contributed by atoms with Crippen LogP contribution in [0.25, 0.3) is 0 Å². The summed E-state index contributed by atoms with van der Waals surface area (Å²) in [6.45, 7) is 6.69. The van der Waals surface area contributed by atoms with Crippen LogP contribution in [0.3, 0.4) is 0 Å². The molecule has 1 aliphatic carbocycles. The summed E-state index contributed by atoms with van der Waals surface area (Å²) in [5.74, 6) is 1.54. The van der Waals surface area contributed by atoms with Gasteiger partial charge in [0, 0.05) is 11.7 Å². The van der Waals surface area contributed by atoms with Crippen LogP contribution in [0.5, 0.6) is 0 Å². The van der Waals surface area contributed by atoms with E-state index in [1.807, 2.05) is 6.07 Å². The molecule has 1 aromatic rings. The normalized spacial score (nSPS) is 14.9. The Labute approximate surface area is 122 Å². The van der Waals surface area contributed by atoms with Crippen molar-refractivity contribution < 1.29 is 0 Å². The second kappa shape index (κ2) is 6.74. The number of nitriles is 1. The molecule has 0 saturated heterocycles.